The Morgan fingerprint density at radius 2 is 1.18 bits per heavy atom. The maximum absolute atomic E-state index is 14.1. The largest absolute Gasteiger partial charge is 1.00 e. The first-order chi connectivity index (χ1) is 18.3. The molecule has 3 aliphatic rings. The van der Waals surface area contributed by atoms with Gasteiger partial charge >= 0.3 is 228 Å². The molecule has 1 amide bonds. The van der Waals surface area contributed by atoms with E-state index in [0.717, 1.165) is 12.3 Å². The summed E-state index contributed by atoms with van der Waals surface area (Å²) in [4.78, 5) is 14.1. The SMILES string of the molecule is O=C([NH][Ti+2]([CH]1c2ccccc2-c2ccccc21)[SiH](c1ccccc1)c1ccccc1)C1CC2CCC1C2.[Cl-].[Cl-]. The molecule has 0 aromatic heterocycles. The molecule has 0 heterocycles. The van der Waals surface area contributed by atoms with Crippen LogP contribution in [-0.4, -0.2) is 12.6 Å². The van der Waals surface area contributed by atoms with Gasteiger partial charge in [-0.1, -0.05) is 0 Å². The Labute approximate surface area is 251 Å². The molecule has 6 heteroatoms. The summed E-state index contributed by atoms with van der Waals surface area (Å²) in [6, 6.07) is 40.2. The van der Waals surface area contributed by atoms with Crippen LogP contribution < -0.4 is 39.0 Å². The summed E-state index contributed by atoms with van der Waals surface area (Å²) in [5.74, 6) is 1.96. The van der Waals surface area contributed by atoms with Gasteiger partial charge < -0.3 is 24.8 Å². The Kier molecular flexibility index (Phi) is 8.85. The first-order valence-corrected chi connectivity index (χ1v) is 19.9. The Bertz CT molecular complexity index is 1350. The predicted molar refractivity (Wildman–Crippen MR) is 150 cm³/mol. The van der Waals surface area contributed by atoms with Crippen LogP contribution in [0.5, 0.6) is 0 Å². The van der Waals surface area contributed by atoms with E-state index in [1.807, 2.05) is 0 Å². The molecular formula is C33H32Cl2NOSiTi. The van der Waals surface area contributed by atoms with Crippen molar-refractivity contribution in [2.45, 2.75) is 29.9 Å². The summed E-state index contributed by atoms with van der Waals surface area (Å²) in [7, 11) is 0. The molecule has 0 saturated heterocycles. The summed E-state index contributed by atoms with van der Waals surface area (Å²) in [6.07, 6.45) is 4.93. The van der Waals surface area contributed by atoms with E-state index in [1.165, 1.54) is 51.9 Å². The number of fused-ring (bicyclic) bond motifs is 5. The van der Waals surface area contributed by atoms with Crippen LogP contribution in [0, 0.1) is 17.8 Å². The molecule has 0 aliphatic heterocycles. The van der Waals surface area contributed by atoms with Crippen molar-refractivity contribution < 1.29 is 47.0 Å². The van der Waals surface area contributed by atoms with Gasteiger partial charge in [0.15, 0.2) is 0 Å². The second kappa shape index (κ2) is 12.2. The van der Waals surface area contributed by atoms with Crippen molar-refractivity contribution in [2.24, 2.45) is 17.8 Å². The topological polar surface area (TPSA) is 29.1 Å². The van der Waals surface area contributed by atoms with Gasteiger partial charge in [0.2, 0.25) is 0 Å². The van der Waals surface area contributed by atoms with Crippen molar-refractivity contribution in [1.82, 2.24) is 3.80 Å². The van der Waals surface area contributed by atoms with Crippen molar-refractivity contribution in [3.05, 3.63) is 120 Å². The Morgan fingerprint density at radius 1 is 0.667 bits per heavy atom. The molecular weight excluding hydrogens is 573 g/mol. The molecule has 4 aromatic carbocycles. The van der Waals surface area contributed by atoms with Crippen LogP contribution in [0.2, 0.25) is 0 Å². The molecule has 2 saturated carbocycles. The minimum absolute atomic E-state index is 0. The maximum atomic E-state index is 14.1. The van der Waals surface area contributed by atoms with Crippen molar-refractivity contribution in [3.63, 3.8) is 0 Å². The van der Waals surface area contributed by atoms with E-state index in [1.54, 1.807) is 0 Å². The third kappa shape index (κ3) is 5.21. The number of amides is 1. The van der Waals surface area contributed by atoms with Crippen LogP contribution in [0.25, 0.3) is 11.1 Å². The molecule has 0 spiro atoms. The Balaban J connectivity index is 0.00000154. The van der Waals surface area contributed by atoms with E-state index in [4.69, 9.17) is 0 Å². The molecule has 2 fully saturated rings. The third-order valence-corrected chi connectivity index (χ3v) is 22.6. The van der Waals surface area contributed by atoms with E-state index < -0.39 is 24.0 Å². The van der Waals surface area contributed by atoms with Crippen LogP contribution in [0.4, 0.5) is 0 Å². The molecule has 2 bridgehead atoms. The third-order valence-electron chi connectivity index (χ3n) is 9.06. The second-order valence-corrected chi connectivity index (χ2v) is 21.3. The number of carbonyl (C=O) groups is 1. The fraction of sp³-hybridized carbons (Fsp3) is 0.242. The van der Waals surface area contributed by atoms with Gasteiger partial charge in [-0.15, -0.1) is 0 Å². The normalized spacial score (nSPS) is 20.5. The van der Waals surface area contributed by atoms with Gasteiger partial charge in [-0.05, 0) is 0 Å². The number of carbonyl (C=O) groups excluding carboxylic acids is 1. The molecule has 2 nitrogen and oxygen atoms in total. The van der Waals surface area contributed by atoms with Crippen LogP contribution in [0.1, 0.15) is 41.0 Å². The minimum Gasteiger partial charge on any atom is -1.00 e. The van der Waals surface area contributed by atoms with Crippen LogP contribution in [-0.2, 0) is 22.2 Å². The van der Waals surface area contributed by atoms with Gasteiger partial charge in [0.25, 0.3) is 0 Å². The summed E-state index contributed by atoms with van der Waals surface area (Å²) < 4.78 is 4.27. The summed E-state index contributed by atoms with van der Waals surface area (Å²) >= 11 is -2.32. The van der Waals surface area contributed by atoms with Gasteiger partial charge in [-0.25, -0.2) is 0 Å². The van der Waals surface area contributed by atoms with Gasteiger partial charge in [0.05, 0.1) is 0 Å². The first-order valence-electron chi connectivity index (χ1n) is 13.7. The molecule has 0 radical (unpaired) electrons. The van der Waals surface area contributed by atoms with Crippen molar-refractivity contribution in [1.29, 1.82) is 0 Å². The summed E-state index contributed by atoms with van der Waals surface area (Å²) in [5.41, 5.74) is 5.57. The molecule has 4 aromatic rings. The molecule has 3 aliphatic carbocycles. The number of nitrogens with one attached hydrogen (secondary N) is 1. The zero-order valence-electron chi connectivity index (χ0n) is 21.8. The van der Waals surface area contributed by atoms with E-state index in [-0.39, 0.29) is 30.7 Å². The predicted octanol–water partition coefficient (Wildman–Crippen LogP) is -0.612. The van der Waals surface area contributed by atoms with E-state index >= 15 is 0 Å². The molecule has 3 atom stereocenters. The van der Waals surface area contributed by atoms with Crippen LogP contribution in [0.15, 0.2) is 109 Å². The van der Waals surface area contributed by atoms with Crippen LogP contribution in [0.3, 0.4) is 0 Å². The molecule has 1 N–H and O–H groups in total. The van der Waals surface area contributed by atoms with Crippen molar-refractivity contribution in [3.8, 4) is 11.1 Å². The van der Waals surface area contributed by atoms with Gasteiger partial charge in [-0.3, -0.25) is 0 Å². The fourth-order valence-electron chi connectivity index (χ4n) is 7.44. The molecule has 39 heavy (non-hydrogen) atoms. The first kappa shape index (κ1) is 28.4. The van der Waals surface area contributed by atoms with Gasteiger partial charge in [-0.2, -0.15) is 0 Å². The van der Waals surface area contributed by atoms with Gasteiger partial charge in [0, 0.05) is 0 Å². The monoisotopic (exact) mass is 604 g/mol. The summed E-state index contributed by atoms with van der Waals surface area (Å²) in [5, 5.41) is 2.91. The Morgan fingerprint density at radius 3 is 1.67 bits per heavy atom. The number of rotatable bonds is 6. The number of hydrogen-bond acceptors (Lipinski definition) is 1. The van der Waals surface area contributed by atoms with Crippen molar-refractivity contribution in [2.75, 3.05) is 0 Å². The zero-order valence-corrected chi connectivity index (χ0v) is 26.0. The van der Waals surface area contributed by atoms with E-state index in [9.17, 15) is 4.79 Å². The van der Waals surface area contributed by atoms with E-state index in [2.05, 4.69) is 113 Å². The van der Waals surface area contributed by atoms with Crippen LogP contribution >= 0.6 is 0 Å². The van der Waals surface area contributed by atoms with E-state index in [0.29, 0.717) is 16.0 Å². The minimum atomic E-state index is -2.32. The van der Waals surface area contributed by atoms with Gasteiger partial charge in [0.1, 0.15) is 0 Å². The van der Waals surface area contributed by atoms with Crippen molar-refractivity contribution >= 4 is 22.9 Å². The molecule has 197 valence electrons. The Hall–Kier alpha value is -2.14. The molecule has 7 rings (SSSR count). The average molecular weight is 605 g/mol. The number of hydrogen-bond donors (Lipinski definition) is 1. The number of benzene rings is 4. The standard InChI is InChI=1S/C13H9.C12H11Si.C8H13NO.2ClH.Ti/c1-3-7-12-10(5-1)9-11-6-2-4-8-13(11)12;1-3-7-11(8-4-1)13-12-9-5-2-6-10-12;9-8(10)7-4-5-1-2-6(7)3-5;;;/h1-9H;1-10,13H;5-7H,1-4H2,(H2,9,10);2*1H;/q;;;;;+3/p-3. The quantitative estimate of drug-likeness (QED) is 0.292. The second-order valence-electron chi connectivity index (χ2n) is 11.1. The average Bonchev–Trinajstić information content (AvgIpc) is 3.67. The maximum Gasteiger partial charge on any atom is -1.00 e. The summed E-state index contributed by atoms with van der Waals surface area (Å²) in [6.45, 7) is -1.72. The number of halogens is 2. The smallest absolute Gasteiger partial charge is 1.00 e. The molecule has 3 unspecified atom stereocenters. The zero-order chi connectivity index (χ0) is 24.8. The fourth-order valence-corrected chi connectivity index (χ4v) is 22.5.